The van der Waals surface area contributed by atoms with Crippen molar-refractivity contribution in [3.63, 3.8) is 0 Å². The summed E-state index contributed by atoms with van der Waals surface area (Å²) in [4.78, 5) is 0. The van der Waals surface area contributed by atoms with E-state index in [0.29, 0.717) is 11.8 Å². The Bertz CT molecular complexity index is 552. The van der Waals surface area contributed by atoms with E-state index in [1.807, 2.05) is 0 Å². The van der Waals surface area contributed by atoms with Crippen LogP contribution in [0.25, 0.3) is 0 Å². The molecule has 4 unspecified atom stereocenters. The van der Waals surface area contributed by atoms with Gasteiger partial charge in [0.15, 0.2) is 0 Å². The van der Waals surface area contributed by atoms with Crippen molar-refractivity contribution in [1.29, 1.82) is 0 Å². The van der Waals surface area contributed by atoms with E-state index < -0.39 is 12.2 Å². The average Bonchev–Trinajstić information content (AvgIpc) is 2.90. The standard InChI is InChI=1S/C21H35NO2.ClH/c1-4-12-5-6-14-17-15(8-10-20(12,14)2)21(3)9-7-13(22)11-16(21)18(23)19(17)24;/h4,13-19,23-24H,5-11,22H2,1-3H3;1H/b12-4-;/t13-,14?,15?,16?,17?,18-,19-,20-,21-;/m1./s1. The summed E-state index contributed by atoms with van der Waals surface area (Å²) >= 11 is 0. The summed E-state index contributed by atoms with van der Waals surface area (Å²) in [5.74, 6) is 1.50. The van der Waals surface area contributed by atoms with Crippen LogP contribution in [0.2, 0.25) is 0 Å². The van der Waals surface area contributed by atoms with Gasteiger partial charge >= 0.3 is 0 Å². The first-order chi connectivity index (χ1) is 11.3. The number of aliphatic hydroxyl groups excluding tert-OH is 2. The molecule has 9 atom stereocenters. The second-order valence-electron chi connectivity index (χ2n) is 9.73. The van der Waals surface area contributed by atoms with E-state index in [-0.39, 0.29) is 41.1 Å². The lowest BCUT2D eigenvalue weighted by molar-refractivity contribution is -0.210. The summed E-state index contributed by atoms with van der Waals surface area (Å²) in [7, 11) is 0. The number of fused-ring (bicyclic) bond motifs is 5. The van der Waals surface area contributed by atoms with Crippen molar-refractivity contribution in [2.24, 2.45) is 40.2 Å². The predicted octanol–water partition coefficient (Wildman–Crippen LogP) is 3.67. The maximum Gasteiger partial charge on any atom is 0.0836 e. The first-order valence-electron chi connectivity index (χ1n) is 10.1. The van der Waals surface area contributed by atoms with Crippen molar-refractivity contribution in [2.75, 3.05) is 0 Å². The van der Waals surface area contributed by atoms with Gasteiger partial charge in [-0.2, -0.15) is 0 Å². The molecule has 25 heavy (non-hydrogen) atoms. The Labute approximate surface area is 158 Å². The van der Waals surface area contributed by atoms with Crippen molar-refractivity contribution >= 4 is 12.4 Å². The van der Waals surface area contributed by atoms with Gasteiger partial charge in [-0.1, -0.05) is 25.5 Å². The fourth-order valence-corrected chi connectivity index (χ4v) is 7.61. The van der Waals surface area contributed by atoms with Gasteiger partial charge in [0.1, 0.15) is 0 Å². The first-order valence-corrected chi connectivity index (χ1v) is 10.1. The normalized spacial score (nSPS) is 56.6. The lowest BCUT2D eigenvalue weighted by atomic mass is 9.43. The molecule has 144 valence electrons. The molecule has 3 nitrogen and oxygen atoms in total. The molecule has 0 heterocycles. The van der Waals surface area contributed by atoms with Gasteiger partial charge < -0.3 is 15.9 Å². The highest BCUT2D eigenvalue weighted by Crippen LogP contribution is 2.67. The molecule has 0 bridgehead atoms. The Balaban J connectivity index is 0.00000182. The fourth-order valence-electron chi connectivity index (χ4n) is 7.61. The van der Waals surface area contributed by atoms with Gasteiger partial charge in [-0.15, -0.1) is 12.4 Å². The maximum atomic E-state index is 11.1. The Morgan fingerprint density at radius 3 is 2.40 bits per heavy atom. The number of halogens is 1. The smallest absolute Gasteiger partial charge is 0.0836 e. The van der Waals surface area contributed by atoms with Gasteiger partial charge in [-0.25, -0.2) is 0 Å². The van der Waals surface area contributed by atoms with Crippen molar-refractivity contribution in [1.82, 2.24) is 0 Å². The Kier molecular flexibility index (Phi) is 5.12. The number of nitrogens with two attached hydrogens (primary N) is 1. The molecule has 4 aliphatic rings. The largest absolute Gasteiger partial charge is 0.390 e. The van der Waals surface area contributed by atoms with Gasteiger partial charge in [0.2, 0.25) is 0 Å². The minimum Gasteiger partial charge on any atom is -0.390 e. The van der Waals surface area contributed by atoms with Crippen LogP contribution in [0.15, 0.2) is 11.6 Å². The van der Waals surface area contributed by atoms with Gasteiger partial charge in [0, 0.05) is 6.04 Å². The third kappa shape index (κ3) is 2.56. The van der Waals surface area contributed by atoms with E-state index >= 15 is 0 Å². The highest BCUT2D eigenvalue weighted by molar-refractivity contribution is 5.85. The molecule has 0 radical (unpaired) electrons. The average molecular weight is 370 g/mol. The maximum absolute atomic E-state index is 11.1. The molecule has 4 aliphatic carbocycles. The van der Waals surface area contributed by atoms with E-state index in [0.717, 1.165) is 19.3 Å². The number of hydrogen-bond donors (Lipinski definition) is 3. The predicted molar refractivity (Wildman–Crippen MR) is 103 cm³/mol. The lowest BCUT2D eigenvalue weighted by Crippen LogP contribution is -2.64. The van der Waals surface area contributed by atoms with Crippen molar-refractivity contribution in [3.05, 3.63) is 11.6 Å². The second kappa shape index (κ2) is 6.51. The second-order valence-corrected chi connectivity index (χ2v) is 9.73. The first kappa shape index (κ1) is 19.7. The zero-order valence-electron chi connectivity index (χ0n) is 15.9. The highest BCUT2D eigenvalue weighted by atomic mass is 35.5. The molecule has 0 aromatic carbocycles. The van der Waals surface area contributed by atoms with Crippen molar-refractivity contribution < 1.29 is 10.2 Å². The van der Waals surface area contributed by atoms with E-state index in [4.69, 9.17) is 5.73 Å². The minimum atomic E-state index is -0.598. The van der Waals surface area contributed by atoms with Crippen molar-refractivity contribution in [2.45, 2.75) is 84.0 Å². The molecule has 0 amide bonds. The molecule has 4 saturated carbocycles. The third-order valence-corrected chi connectivity index (χ3v) is 8.99. The molecular weight excluding hydrogens is 334 g/mol. The molecular formula is C21H36ClNO2. The molecule has 4 N–H and O–H groups in total. The zero-order valence-corrected chi connectivity index (χ0v) is 16.8. The molecule has 0 aliphatic heterocycles. The van der Waals surface area contributed by atoms with Crippen LogP contribution in [-0.4, -0.2) is 28.5 Å². The number of hydrogen-bond acceptors (Lipinski definition) is 3. The summed E-state index contributed by atoms with van der Waals surface area (Å²) < 4.78 is 0. The molecule has 4 heteroatoms. The topological polar surface area (TPSA) is 66.5 Å². The zero-order chi connectivity index (χ0) is 17.3. The fraction of sp³-hybridized carbons (Fsp3) is 0.905. The molecule has 0 aromatic heterocycles. The highest BCUT2D eigenvalue weighted by Gasteiger charge is 2.63. The van der Waals surface area contributed by atoms with Crippen LogP contribution in [0.3, 0.4) is 0 Å². The minimum absolute atomic E-state index is 0. The molecule has 0 spiro atoms. The Hall–Kier alpha value is -0.0900. The summed E-state index contributed by atoms with van der Waals surface area (Å²) in [6, 6.07) is 0.191. The van der Waals surface area contributed by atoms with E-state index in [1.54, 1.807) is 5.57 Å². The van der Waals surface area contributed by atoms with Crippen LogP contribution in [0, 0.1) is 34.5 Å². The molecule has 4 fully saturated rings. The van der Waals surface area contributed by atoms with Crippen LogP contribution in [0.5, 0.6) is 0 Å². The van der Waals surface area contributed by atoms with Gasteiger partial charge in [-0.3, -0.25) is 0 Å². The van der Waals surface area contributed by atoms with Gasteiger partial charge in [0.25, 0.3) is 0 Å². The van der Waals surface area contributed by atoms with Crippen LogP contribution in [0.1, 0.15) is 65.7 Å². The van der Waals surface area contributed by atoms with E-state index in [2.05, 4.69) is 26.8 Å². The van der Waals surface area contributed by atoms with Crippen LogP contribution in [-0.2, 0) is 0 Å². The summed E-state index contributed by atoms with van der Waals surface area (Å²) in [6.45, 7) is 6.98. The van der Waals surface area contributed by atoms with Gasteiger partial charge in [-0.05, 0) is 86.4 Å². The molecule has 0 aromatic rings. The quantitative estimate of drug-likeness (QED) is 0.571. The summed E-state index contributed by atoms with van der Waals surface area (Å²) in [5.41, 5.74) is 8.20. The van der Waals surface area contributed by atoms with Crippen molar-refractivity contribution in [3.8, 4) is 0 Å². The molecule has 0 saturated heterocycles. The van der Waals surface area contributed by atoms with E-state index in [9.17, 15) is 10.2 Å². The molecule has 4 rings (SSSR count). The third-order valence-electron chi connectivity index (χ3n) is 8.99. The van der Waals surface area contributed by atoms with Crippen LogP contribution < -0.4 is 5.73 Å². The van der Waals surface area contributed by atoms with E-state index in [1.165, 1.54) is 25.7 Å². The van der Waals surface area contributed by atoms with Crippen LogP contribution in [0.4, 0.5) is 0 Å². The number of rotatable bonds is 0. The van der Waals surface area contributed by atoms with Crippen LogP contribution >= 0.6 is 12.4 Å². The Morgan fingerprint density at radius 1 is 1.00 bits per heavy atom. The summed E-state index contributed by atoms with van der Waals surface area (Å²) in [6.07, 6.45) is 9.01. The number of allylic oxidation sites excluding steroid dienone is 2. The Morgan fingerprint density at radius 2 is 1.72 bits per heavy atom. The number of aliphatic hydroxyl groups is 2. The van der Waals surface area contributed by atoms with Gasteiger partial charge in [0.05, 0.1) is 12.2 Å². The SMILES string of the molecule is C/C=C1/CCC2C3C(CC[C@]12C)[C@@]1(C)CC[C@@H](N)CC1[C@@H](O)[C@@H]3O.Cl. The monoisotopic (exact) mass is 369 g/mol. The summed E-state index contributed by atoms with van der Waals surface area (Å²) in [5, 5.41) is 22.1. The lowest BCUT2D eigenvalue weighted by Gasteiger charge is -2.63.